The van der Waals surface area contributed by atoms with Crippen molar-refractivity contribution in [3.05, 3.63) is 12.2 Å². The highest BCUT2D eigenvalue weighted by Gasteiger charge is 2.45. The number of hydrogen-bond donors (Lipinski definition) is 0. The Balaban J connectivity index is 2.26. The van der Waals surface area contributed by atoms with Crippen LogP contribution in [0.15, 0.2) is 12.2 Å². The first-order chi connectivity index (χ1) is 8.50. The monoisotopic (exact) mass is 249 g/mol. The summed E-state index contributed by atoms with van der Waals surface area (Å²) in [5.41, 5.74) is 0. The molecular formula is C15H23NO2. The highest BCUT2D eigenvalue weighted by Crippen LogP contribution is 2.40. The number of likely N-dealkylation sites (tertiary alicyclic amines) is 1. The summed E-state index contributed by atoms with van der Waals surface area (Å²) in [6, 6.07) is 0.278. The minimum absolute atomic E-state index is 0.104. The van der Waals surface area contributed by atoms with Gasteiger partial charge in [-0.2, -0.15) is 0 Å². The standard InChI is InChI=1S/C15H23NO2/c1-10-6-4-5-7-14-15(10)13(12(3)18)9-16(14)8-11(2)17/h5,7,10,13-15H,4,6,8-9H2,1-3H3/t10?,13?,14?,15-/m1/s1. The number of nitrogens with zero attached hydrogens (tertiary/aromatic N) is 1. The summed E-state index contributed by atoms with van der Waals surface area (Å²) in [5.74, 6) is 1.50. The van der Waals surface area contributed by atoms with Crippen LogP contribution in [0.1, 0.15) is 33.6 Å². The summed E-state index contributed by atoms with van der Waals surface area (Å²) in [6.07, 6.45) is 6.68. The molecule has 0 aromatic heterocycles. The van der Waals surface area contributed by atoms with Gasteiger partial charge < -0.3 is 0 Å². The highest BCUT2D eigenvalue weighted by atomic mass is 16.1. The average Bonchev–Trinajstić information content (AvgIpc) is 2.51. The molecule has 18 heavy (non-hydrogen) atoms. The van der Waals surface area contributed by atoms with Crippen LogP contribution < -0.4 is 0 Å². The zero-order chi connectivity index (χ0) is 13.3. The molecule has 0 radical (unpaired) electrons. The predicted octanol–water partition coefficient (Wildman–Crippen LogP) is 2.07. The second kappa shape index (κ2) is 5.35. The maximum atomic E-state index is 11.9. The van der Waals surface area contributed by atoms with Gasteiger partial charge in [0.15, 0.2) is 0 Å². The summed E-state index contributed by atoms with van der Waals surface area (Å²) in [6.45, 7) is 6.79. The van der Waals surface area contributed by atoms with Gasteiger partial charge in [0.05, 0.1) is 6.54 Å². The van der Waals surface area contributed by atoms with Crippen LogP contribution in [0.2, 0.25) is 0 Å². The van der Waals surface area contributed by atoms with E-state index < -0.39 is 0 Å². The Kier molecular flexibility index (Phi) is 4.00. The number of rotatable bonds is 3. The zero-order valence-corrected chi connectivity index (χ0v) is 11.6. The second-order valence-electron chi connectivity index (χ2n) is 5.90. The fourth-order valence-electron chi connectivity index (χ4n) is 3.60. The zero-order valence-electron chi connectivity index (χ0n) is 11.6. The van der Waals surface area contributed by atoms with E-state index in [4.69, 9.17) is 0 Å². The maximum absolute atomic E-state index is 11.9. The molecule has 0 aromatic rings. The van der Waals surface area contributed by atoms with E-state index >= 15 is 0 Å². The van der Waals surface area contributed by atoms with Crippen LogP contribution in [0.25, 0.3) is 0 Å². The molecule has 3 nitrogen and oxygen atoms in total. The number of ketones is 2. The number of fused-ring (bicyclic) bond motifs is 1. The van der Waals surface area contributed by atoms with Crippen molar-refractivity contribution in [1.82, 2.24) is 4.90 Å². The van der Waals surface area contributed by atoms with Crippen molar-refractivity contribution in [3.8, 4) is 0 Å². The summed E-state index contributed by atoms with van der Waals surface area (Å²) in [5, 5.41) is 0. The van der Waals surface area contributed by atoms with Gasteiger partial charge in [-0.3, -0.25) is 14.5 Å². The molecule has 4 atom stereocenters. The van der Waals surface area contributed by atoms with Crippen molar-refractivity contribution in [1.29, 1.82) is 0 Å². The molecule has 2 rings (SSSR count). The van der Waals surface area contributed by atoms with Gasteiger partial charge in [-0.15, -0.1) is 0 Å². The van der Waals surface area contributed by atoms with Crippen LogP contribution in [-0.2, 0) is 9.59 Å². The Morgan fingerprint density at radius 3 is 2.67 bits per heavy atom. The molecule has 1 aliphatic carbocycles. The Labute approximate surface area is 109 Å². The van der Waals surface area contributed by atoms with Gasteiger partial charge in [0, 0.05) is 18.5 Å². The van der Waals surface area contributed by atoms with E-state index in [1.807, 2.05) is 0 Å². The van der Waals surface area contributed by atoms with E-state index in [1.165, 1.54) is 0 Å². The number of Topliss-reactive ketones (excluding diaryl/α,β-unsaturated/α-hetero) is 2. The van der Waals surface area contributed by atoms with Crippen molar-refractivity contribution in [2.75, 3.05) is 13.1 Å². The molecule has 0 N–H and O–H groups in total. The second-order valence-corrected chi connectivity index (χ2v) is 5.90. The number of hydrogen-bond acceptors (Lipinski definition) is 3. The summed E-state index contributed by atoms with van der Waals surface area (Å²) < 4.78 is 0. The van der Waals surface area contributed by atoms with Gasteiger partial charge in [-0.05, 0) is 38.5 Å². The summed E-state index contributed by atoms with van der Waals surface area (Å²) >= 11 is 0. The van der Waals surface area contributed by atoms with Crippen molar-refractivity contribution in [2.24, 2.45) is 17.8 Å². The van der Waals surface area contributed by atoms with Crippen molar-refractivity contribution < 1.29 is 9.59 Å². The lowest BCUT2D eigenvalue weighted by atomic mass is 9.78. The third kappa shape index (κ3) is 2.56. The molecule has 1 heterocycles. The largest absolute Gasteiger partial charge is 0.300 e. The molecule has 0 amide bonds. The first-order valence-corrected chi connectivity index (χ1v) is 6.91. The first-order valence-electron chi connectivity index (χ1n) is 6.91. The number of carbonyl (C=O) groups is 2. The summed E-state index contributed by atoms with van der Waals surface area (Å²) in [7, 11) is 0. The number of allylic oxidation sites excluding steroid dienone is 1. The maximum Gasteiger partial charge on any atom is 0.143 e. The third-order valence-corrected chi connectivity index (χ3v) is 4.44. The van der Waals surface area contributed by atoms with E-state index in [9.17, 15) is 9.59 Å². The van der Waals surface area contributed by atoms with Crippen LogP contribution in [-0.4, -0.2) is 35.6 Å². The van der Waals surface area contributed by atoms with E-state index in [0.29, 0.717) is 18.4 Å². The molecule has 3 unspecified atom stereocenters. The van der Waals surface area contributed by atoms with Gasteiger partial charge >= 0.3 is 0 Å². The Morgan fingerprint density at radius 1 is 1.33 bits per heavy atom. The van der Waals surface area contributed by atoms with Gasteiger partial charge in [0.1, 0.15) is 11.6 Å². The smallest absolute Gasteiger partial charge is 0.143 e. The molecule has 0 aromatic carbocycles. The highest BCUT2D eigenvalue weighted by molar-refractivity contribution is 5.80. The lowest BCUT2D eigenvalue weighted by Crippen LogP contribution is -2.36. The molecule has 100 valence electrons. The topological polar surface area (TPSA) is 37.4 Å². The van der Waals surface area contributed by atoms with Crippen molar-refractivity contribution in [3.63, 3.8) is 0 Å². The SMILES string of the molecule is CC(=O)CN1CC(C(C)=O)[C@H]2C(C)CCC=CC21. The average molecular weight is 249 g/mol. The molecule has 1 fully saturated rings. The lowest BCUT2D eigenvalue weighted by Gasteiger charge is -2.28. The Hall–Kier alpha value is -0.960. The number of carbonyl (C=O) groups excluding carboxylic acids is 2. The molecule has 1 aliphatic heterocycles. The van der Waals surface area contributed by atoms with E-state index in [-0.39, 0.29) is 23.5 Å². The van der Waals surface area contributed by atoms with Gasteiger partial charge in [0.25, 0.3) is 0 Å². The van der Waals surface area contributed by atoms with Gasteiger partial charge in [0.2, 0.25) is 0 Å². The van der Waals surface area contributed by atoms with Crippen LogP contribution in [0.5, 0.6) is 0 Å². The van der Waals surface area contributed by atoms with Crippen LogP contribution >= 0.6 is 0 Å². The van der Waals surface area contributed by atoms with Crippen LogP contribution in [0.3, 0.4) is 0 Å². The van der Waals surface area contributed by atoms with Gasteiger partial charge in [-0.25, -0.2) is 0 Å². The lowest BCUT2D eigenvalue weighted by molar-refractivity contribution is -0.122. The molecule has 0 saturated carbocycles. The molecule has 1 saturated heterocycles. The molecule has 0 spiro atoms. The van der Waals surface area contributed by atoms with E-state index in [2.05, 4.69) is 24.0 Å². The quantitative estimate of drug-likeness (QED) is 0.719. The fourth-order valence-corrected chi connectivity index (χ4v) is 3.60. The normalized spacial score (nSPS) is 36.2. The van der Waals surface area contributed by atoms with E-state index in [0.717, 1.165) is 19.4 Å². The minimum atomic E-state index is 0.104. The minimum Gasteiger partial charge on any atom is -0.300 e. The first kappa shape index (κ1) is 13.5. The fraction of sp³-hybridized carbons (Fsp3) is 0.733. The Bertz CT molecular complexity index is 375. The molecule has 2 aliphatic rings. The Morgan fingerprint density at radius 2 is 2.06 bits per heavy atom. The molecule has 0 bridgehead atoms. The van der Waals surface area contributed by atoms with E-state index in [1.54, 1.807) is 13.8 Å². The van der Waals surface area contributed by atoms with Gasteiger partial charge in [-0.1, -0.05) is 19.1 Å². The third-order valence-electron chi connectivity index (χ3n) is 4.44. The molecular weight excluding hydrogens is 226 g/mol. The van der Waals surface area contributed by atoms with Crippen LogP contribution in [0.4, 0.5) is 0 Å². The van der Waals surface area contributed by atoms with Crippen LogP contribution in [0, 0.1) is 17.8 Å². The van der Waals surface area contributed by atoms with Crippen molar-refractivity contribution in [2.45, 2.75) is 39.7 Å². The molecule has 3 heteroatoms. The summed E-state index contributed by atoms with van der Waals surface area (Å²) in [4.78, 5) is 25.4. The predicted molar refractivity (Wildman–Crippen MR) is 71.2 cm³/mol. The van der Waals surface area contributed by atoms with Crippen molar-refractivity contribution >= 4 is 11.6 Å².